The molecule has 0 saturated heterocycles. The maximum Gasteiger partial charge on any atom is 0.0777 e. The fourth-order valence-corrected chi connectivity index (χ4v) is 7.94. The summed E-state index contributed by atoms with van der Waals surface area (Å²) in [6.07, 6.45) is 3.93. The Hall–Kier alpha value is -3.81. The summed E-state index contributed by atoms with van der Waals surface area (Å²) in [5.41, 5.74) is 11.5. The van der Waals surface area contributed by atoms with Crippen LogP contribution in [-0.2, 0) is 0 Å². The molecule has 3 aromatic carbocycles. The van der Waals surface area contributed by atoms with E-state index in [2.05, 4.69) is 150 Å². The number of aromatic nitrogens is 2. The molecule has 0 saturated carbocycles. The zero-order chi connectivity index (χ0) is 30.2. The van der Waals surface area contributed by atoms with Crippen LogP contribution in [0.1, 0.15) is 16.7 Å². The van der Waals surface area contributed by atoms with E-state index in [1.165, 1.54) is 32.8 Å². The van der Waals surface area contributed by atoms with Crippen molar-refractivity contribution in [1.82, 2.24) is 9.97 Å². The van der Waals surface area contributed by atoms with E-state index < -0.39 is 16.1 Å². The van der Waals surface area contributed by atoms with E-state index in [1.54, 1.807) is 0 Å². The molecule has 5 rings (SSSR count). The third-order valence-electron chi connectivity index (χ3n) is 7.91. The SMILES string of the molecule is Cc1cc(C)c(N(c2cccc(-c3cc([Si](C)(C)C)ccn3)c2)c2cccc(-c3cc([Si](C)(C)C)ccn3)c2)c(C)c1. The summed E-state index contributed by atoms with van der Waals surface area (Å²) in [6.45, 7) is 20.9. The van der Waals surface area contributed by atoms with Gasteiger partial charge in [-0.1, -0.05) is 91.6 Å². The molecule has 0 spiro atoms. The molecule has 214 valence electrons. The average molecular weight is 586 g/mol. The second-order valence-corrected chi connectivity index (χ2v) is 23.7. The highest BCUT2D eigenvalue weighted by Crippen LogP contribution is 2.41. The summed E-state index contributed by atoms with van der Waals surface area (Å²) in [5, 5.41) is 2.83. The van der Waals surface area contributed by atoms with Gasteiger partial charge in [0.1, 0.15) is 0 Å². The maximum absolute atomic E-state index is 4.80. The monoisotopic (exact) mass is 585 g/mol. The minimum absolute atomic E-state index is 1.02. The van der Waals surface area contributed by atoms with Gasteiger partial charge in [-0.2, -0.15) is 0 Å². The fraction of sp³-hybridized carbons (Fsp3) is 0.243. The lowest BCUT2D eigenvalue weighted by atomic mass is 10.0. The Kier molecular flexibility index (Phi) is 8.10. The van der Waals surface area contributed by atoms with Gasteiger partial charge in [0, 0.05) is 34.9 Å². The van der Waals surface area contributed by atoms with Gasteiger partial charge in [-0.05, 0) is 80.4 Å². The van der Waals surface area contributed by atoms with Gasteiger partial charge in [-0.15, -0.1) is 0 Å². The Balaban J connectivity index is 1.68. The van der Waals surface area contributed by atoms with Crippen LogP contribution in [0.3, 0.4) is 0 Å². The first-order valence-corrected chi connectivity index (χ1v) is 21.8. The molecule has 2 heterocycles. The van der Waals surface area contributed by atoms with Gasteiger partial charge in [0.05, 0.1) is 33.2 Å². The molecule has 42 heavy (non-hydrogen) atoms. The Morgan fingerprint density at radius 3 is 1.36 bits per heavy atom. The largest absolute Gasteiger partial charge is 0.310 e. The van der Waals surface area contributed by atoms with Crippen LogP contribution in [-0.4, -0.2) is 26.1 Å². The van der Waals surface area contributed by atoms with Crippen LogP contribution in [0.15, 0.2) is 97.3 Å². The van der Waals surface area contributed by atoms with Crippen LogP contribution >= 0.6 is 0 Å². The van der Waals surface area contributed by atoms with Gasteiger partial charge in [0.25, 0.3) is 0 Å². The molecule has 0 aliphatic rings. The topological polar surface area (TPSA) is 29.0 Å². The number of nitrogens with zero attached hydrogens (tertiary/aromatic N) is 3. The molecule has 0 aliphatic carbocycles. The predicted molar refractivity (Wildman–Crippen MR) is 188 cm³/mol. The van der Waals surface area contributed by atoms with Crippen LogP contribution in [0.4, 0.5) is 17.1 Å². The molecule has 0 bridgehead atoms. The van der Waals surface area contributed by atoms with Crippen molar-refractivity contribution in [3.63, 3.8) is 0 Å². The number of hydrogen-bond acceptors (Lipinski definition) is 3. The lowest BCUT2D eigenvalue weighted by Crippen LogP contribution is -2.37. The molecular weight excluding hydrogens is 543 g/mol. The lowest BCUT2D eigenvalue weighted by molar-refractivity contribution is 1.20. The summed E-state index contributed by atoms with van der Waals surface area (Å²) in [7, 11) is -2.93. The molecule has 0 N–H and O–H groups in total. The highest BCUT2D eigenvalue weighted by Gasteiger charge is 2.21. The Morgan fingerprint density at radius 2 is 0.952 bits per heavy atom. The third kappa shape index (κ3) is 6.32. The van der Waals surface area contributed by atoms with Crippen LogP contribution in [0, 0.1) is 20.8 Å². The molecule has 0 amide bonds. The van der Waals surface area contributed by atoms with Crippen molar-refractivity contribution in [2.75, 3.05) is 4.90 Å². The van der Waals surface area contributed by atoms with E-state index in [0.717, 1.165) is 33.9 Å². The maximum atomic E-state index is 4.80. The first-order valence-electron chi connectivity index (χ1n) is 14.8. The summed E-state index contributed by atoms with van der Waals surface area (Å²) >= 11 is 0. The molecule has 0 unspecified atom stereocenters. The quantitative estimate of drug-likeness (QED) is 0.178. The molecule has 0 fully saturated rings. The second kappa shape index (κ2) is 11.5. The average Bonchev–Trinajstić information content (AvgIpc) is 2.94. The number of anilines is 3. The van der Waals surface area contributed by atoms with Crippen molar-refractivity contribution in [3.8, 4) is 22.5 Å². The molecule has 5 heteroatoms. The first kappa shape index (κ1) is 29.7. The summed E-state index contributed by atoms with van der Waals surface area (Å²) < 4.78 is 0. The van der Waals surface area contributed by atoms with Gasteiger partial charge in [-0.3, -0.25) is 9.97 Å². The Morgan fingerprint density at radius 1 is 0.524 bits per heavy atom. The van der Waals surface area contributed by atoms with Crippen molar-refractivity contribution in [2.45, 2.75) is 60.1 Å². The minimum atomic E-state index is -1.47. The van der Waals surface area contributed by atoms with Crippen molar-refractivity contribution in [1.29, 1.82) is 0 Å². The predicted octanol–water partition coefficient (Wildman–Crippen LogP) is 9.30. The standard InChI is InChI=1S/C37H43N3Si2/c1-26-20-27(2)37(28(3)21-26)40(31-14-10-12-29(22-31)35-24-33(16-18-38-35)41(4,5)6)32-15-11-13-30(23-32)36-25-34(17-19-39-36)42(7,8)9/h10-25H,1-9H3. The number of aryl methyl sites for hydroxylation is 3. The first-order chi connectivity index (χ1) is 19.8. The summed E-state index contributed by atoms with van der Waals surface area (Å²) in [5.74, 6) is 0. The molecule has 0 radical (unpaired) electrons. The Labute approximate surface area is 254 Å². The molecule has 0 aliphatic heterocycles. The lowest BCUT2D eigenvalue weighted by Gasteiger charge is -2.30. The summed E-state index contributed by atoms with van der Waals surface area (Å²) in [6, 6.07) is 31.1. The molecule has 5 aromatic rings. The van der Waals surface area contributed by atoms with Gasteiger partial charge < -0.3 is 4.90 Å². The molecule has 0 atom stereocenters. The number of benzene rings is 3. The van der Waals surface area contributed by atoms with E-state index in [-0.39, 0.29) is 0 Å². The summed E-state index contributed by atoms with van der Waals surface area (Å²) in [4.78, 5) is 12.0. The molecule has 3 nitrogen and oxygen atoms in total. The van der Waals surface area contributed by atoms with E-state index in [9.17, 15) is 0 Å². The van der Waals surface area contributed by atoms with E-state index >= 15 is 0 Å². The van der Waals surface area contributed by atoms with E-state index in [4.69, 9.17) is 9.97 Å². The van der Waals surface area contributed by atoms with Crippen LogP contribution in [0.25, 0.3) is 22.5 Å². The second-order valence-electron chi connectivity index (χ2n) is 13.5. The van der Waals surface area contributed by atoms with Gasteiger partial charge in [0.2, 0.25) is 0 Å². The highest BCUT2D eigenvalue weighted by molar-refractivity contribution is 6.89. The smallest absolute Gasteiger partial charge is 0.0777 e. The van der Waals surface area contributed by atoms with Crippen molar-refractivity contribution < 1.29 is 0 Å². The van der Waals surface area contributed by atoms with Gasteiger partial charge in [0.15, 0.2) is 0 Å². The minimum Gasteiger partial charge on any atom is -0.310 e. The zero-order valence-corrected chi connectivity index (χ0v) is 28.6. The van der Waals surface area contributed by atoms with E-state index in [0.29, 0.717) is 0 Å². The molecule has 2 aromatic heterocycles. The van der Waals surface area contributed by atoms with Crippen LogP contribution in [0.5, 0.6) is 0 Å². The number of hydrogen-bond donors (Lipinski definition) is 0. The van der Waals surface area contributed by atoms with Crippen LogP contribution < -0.4 is 15.3 Å². The van der Waals surface area contributed by atoms with Crippen molar-refractivity contribution in [2.24, 2.45) is 0 Å². The van der Waals surface area contributed by atoms with Gasteiger partial charge >= 0.3 is 0 Å². The number of pyridine rings is 2. The van der Waals surface area contributed by atoms with Crippen molar-refractivity contribution >= 4 is 43.6 Å². The Bertz CT molecular complexity index is 1620. The zero-order valence-electron chi connectivity index (χ0n) is 26.6. The molecular formula is C37H43N3Si2. The van der Waals surface area contributed by atoms with Crippen molar-refractivity contribution in [3.05, 3.63) is 114 Å². The number of rotatable bonds is 7. The normalized spacial score (nSPS) is 11.9. The van der Waals surface area contributed by atoms with Crippen LogP contribution in [0.2, 0.25) is 39.3 Å². The highest BCUT2D eigenvalue weighted by atomic mass is 28.3. The third-order valence-corrected chi connectivity index (χ3v) is 12.0. The van der Waals surface area contributed by atoms with E-state index in [1.807, 2.05) is 12.4 Å². The fourth-order valence-electron chi connectivity index (χ4n) is 5.65. The van der Waals surface area contributed by atoms with Gasteiger partial charge in [-0.25, -0.2) is 0 Å².